The highest BCUT2D eigenvalue weighted by molar-refractivity contribution is 5.04. The van der Waals surface area contributed by atoms with Crippen molar-refractivity contribution < 1.29 is 0 Å². The lowest BCUT2D eigenvalue weighted by Gasteiger charge is -2.14. The highest BCUT2D eigenvalue weighted by atomic mass is 14.7. The summed E-state index contributed by atoms with van der Waals surface area (Å²) >= 11 is 0. The molecule has 0 aliphatic heterocycles. The Balaban J connectivity index is 2.53. The summed E-state index contributed by atoms with van der Waals surface area (Å²) in [4.78, 5) is 4.30. The normalized spacial score (nSPS) is 13.3. The van der Waals surface area contributed by atoms with Crippen LogP contribution >= 0.6 is 0 Å². The van der Waals surface area contributed by atoms with Crippen LogP contribution in [-0.2, 0) is 6.42 Å². The molecule has 0 amide bonds. The van der Waals surface area contributed by atoms with Gasteiger partial charge in [0.05, 0.1) is 0 Å². The van der Waals surface area contributed by atoms with Crippen LogP contribution in [0.5, 0.6) is 0 Å². The van der Waals surface area contributed by atoms with E-state index in [0.29, 0.717) is 0 Å². The molecule has 0 saturated carbocycles. The molecule has 0 spiro atoms. The Hall–Kier alpha value is -0.850. The zero-order valence-corrected chi connectivity index (χ0v) is 8.12. The van der Waals surface area contributed by atoms with E-state index in [0.717, 1.165) is 18.3 Å². The van der Waals surface area contributed by atoms with E-state index in [9.17, 15) is 0 Å². The van der Waals surface area contributed by atoms with Gasteiger partial charge in [0.2, 0.25) is 0 Å². The van der Waals surface area contributed by atoms with Crippen molar-refractivity contribution in [3.05, 3.63) is 30.1 Å². The molecule has 0 aliphatic carbocycles. The van der Waals surface area contributed by atoms with Crippen molar-refractivity contribution in [2.24, 2.45) is 11.8 Å². The molecule has 0 radical (unpaired) electrons. The molecular formula is C11H17N. The molecule has 1 aromatic rings. The molecule has 0 bridgehead atoms. The number of rotatable bonds is 3. The van der Waals surface area contributed by atoms with Gasteiger partial charge in [-0.3, -0.25) is 4.98 Å². The molecule has 12 heavy (non-hydrogen) atoms. The van der Waals surface area contributed by atoms with Crippen LogP contribution in [0.3, 0.4) is 0 Å². The summed E-state index contributed by atoms with van der Waals surface area (Å²) in [7, 11) is 0. The van der Waals surface area contributed by atoms with Crippen LogP contribution in [0.4, 0.5) is 0 Å². The quantitative estimate of drug-likeness (QED) is 0.667. The molecule has 0 saturated heterocycles. The first-order valence-electron chi connectivity index (χ1n) is 4.60. The Labute approximate surface area is 74.8 Å². The van der Waals surface area contributed by atoms with Gasteiger partial charge in [-0.1, -0.05) is 26.8 Å². The van der Waals surface area contributed by atoms with Crippen molar-refractivity contribution in [1.82, 2.24) is 4.98 Å². The van der Waals surface area contributed by atoms with Gasteiger partial charge in [-0.2, -0.15) is 0 Å². The number of pyridine rings is 1. The highest BCUT2D eigenvalue weighted by Gasteiger charge is 2.07. The van der Waals surface area contributed by atoms with Crippen molar-refractivity contribution in [2.75, 3.05) is 0 Å². The zero-order valence-electron chi connectivity index (χ0n) is 8.12. The maximum absolute atomic E-state index is 4.30. The molecule has 0 aliphatic rings. The third-order valence-corrected chi connectivity index (χ3v) is 2.40. The third kappa shape index (κ3) is 2.65. The van der Waals surface area contributed by atoms with Crippen molar-refractivity contribution >= 4 is 0 Å². The lowest BCUT2D eigenvalue weighted by Crippen LogP contribution is -2.08. The molecule has 1 heteroatoms. The van der Waals surface area contributed by atoms with Gasteiger partial charge in [0, 0.05) is 11.9 Å². The van der Waals surface area contributed by atoms with E-state index in [1.807, 2.05) is 12.3 Å². The summed E-state index contributed by atoms with van der Waals surface area (Å²) in [6.45, 7) is 6.79. The van der Waals surface area contributed by atoms with E-state index in [2.05, 4.69) is 37.9 Å². The average Bonchev–Trinajstić information content (AvgIpc) is 2.06. The summed E-state index contributed by atoms with van der Waals surface area (Å²) in [6, 6.07) is 6.11. The van der Waals surface area contributed by atoms with Gasteiger partial charge in [-0.05, 0) is 30.4 Å². The van der Waals surface area contributed by atoms with Gasteiger partial charge in [-0.15, -0.1) is 0 Å². The Bertz CT molecular complexity index is 216. The van der Waals surface area contributed by atoms with Crippen LogP contribution in [0.1, 0.15) is 26.5 Å². The molecule has 1 heterocycles. The zero-order chi connectivity index (χ0) is 8.97. The summed E-state index contributed by atoms with van der Waals surface area (Å²) in [5.41, 5.74) is 1.21. The fraction of sp³-hybridized carbons (Fsp3) is 0.545. The first-order chi connectivity index (χ1) is 5.70. The molecule has 1 atom stereocenters. The average molecular weight is 163 g/mol. The molecule has 0 aromatic carbocycles. The van der Waals surface area contributed by atoms with Gasteiger partial charge < -0.3 is 0 Å². The molecule has 1 unspecified atom stereocenters. The van der Waals surface area contributed by atoms with Gasteiger partial charge in [0.1, 0.15) is 0 Å². The lowest BCUT2D eigenvalue weighted by molar-refractivity contribution is 0.414. The van der Waals surface area contributed by atoms with Crippen molar-refractivity contribution in [3.63, 3.8) is 0 Å². The largest absolute Gasteiger partial charge is 0.261 e. The molecule has 0 N–H and O–H groups in total. The van der Waals surface area contributed by atoms with Crippen LogP contribution in [0.2, 0.25) is 0 Å². The minimum Gasteiger partial charge on any atom is -0.261 e. The monoisotopic (exact) mass is 163 g/mol. The van der Waals surface area contributed by atoms with E-state index in [1.165, 1.54) is 5.69 Å². The molecular weight excluding hydrogens is 146 g/mol. The summed E-state index contributed by atoms with van der Waals surface area (Å²) in [6.07, 6.45) is 2.96. The van der Waals surface area contributed by atoms with Crippen LogP contribution in [-0.4, -0.2) is 4.98 Å². The number of hydrogen-bond acceptors (Lipinski definition) is 1. The topological polar surface area (TPSA) is 12.9 Å². The smallest absolute Gasteiger partial charge is 0.0406 e. The standard InChI is InChI=1S/C11H17N/c1-9(2)10(3)8-11-6-4-5-7-12-11/h4-7,9-10H,8H2,1-3H3. The minimum absolute atomic E-state index is 0.722. The van der Waals surface area contributed by atoms with E-state index in [1.54, 1.807) is 0 Å². The van der Waals surface area contributed by atoms with Crippen molar-refractivity contribution in [3.8, 4) is 0 Å². The molecule has 1 nitrogen and oxygen atoms in total. The van der Waals surface area contributed by atoms with E-state index < -0.39 is 0 Å². The maximum atomic E-state index is 4.30. The fourth-order valence-corrected chi connectivity index (χ4v) is 1.08. The maximum Gasteiger partial charge on any atom is 0.0406 e. The first-order valence-corrected chi connectivity index (χ1v) is 4.60. The first kappa shape index (κ1) is 9.24. The Morgan fingerprint density at radius 1 is 1.25 bits per heavy atom. The highest BCUT2D eigenvalue weighted by Crippen LogP contribution is 2.14. The second-order valence-corrected chi connectivity index (χ2v) is 3.75. The van der Waals surface area contributed by atoms with Gasteiger partial charge in [0.25, 0.3) is 0 Å². The summed E-state index contributed by atoms with van der Waals surface area (Å²) in [5.74, 6) is 1.46. The predicted molar refractivity (Wildman–Crippen MR) is 51.9 cm³/mol. The van der Waals surface area contributed by atoms with E-state index >= 15 is 0 Å². The Morgan fingerprint density at radius 2 is 2.00 bits per heavy atom. The number of nitrogens with zero attached hydrogens (tertiary/aromatic N) is 1. The van der Waals surface area contributed by atoms with Gasteiger partial charge >= 0.3 is 0 Å². The van der Waals surface area contributed by atoms with Crippen LogP contribution in [0, 0.1) is 11.8 Å². The van der Waals surface area contributed by atoms with Gasteiger partial charge in [-0.25, -0.2) is 0 Å². The Kier molecular flexibility index (Phi) is 3.27. The van der Waals surface area contributed by atoms with Crippen molar-refractivity contribution in [1.29, 1.82) is 0 Å². The molecule has 0 fully saturated rings. The minimum atomic E-state index is 0.722. The molecule has 1 rings (SSSR count). The predicted octanol–water partition coefficient (Wildman–Crippen LogP) is 2.92. The fourth-order valence-electron chi connectivity index (χ4n) is 1.08. The van der Waals surface area contributed by atoms with E-state index in [4.69, 9.17) is 0 Å². The SMILES string of the molecule is CC(C)C(C)Cc1ccccn1. The lowest BCUT2D eigenvalue weighted by atomic mass is 9.93. The summed E-state index contributed by atoms with van der Waals surface area (Å²) in [5, 5.41) is 0. The van der Waals surface area contributed by atoms with Crippen molar-refractivity contribution in [2.45, 2.75) is 27.2 Å². The summed E-state index contributed by atoms with van der Waals surface area (Å²) < 4.78 is 0. The van der Waals surface area contributed by atoms with Crippen LogP contribution in [0.25, 0.3) is 0 Å². The third-order valence-electron chi connectivity index (χ3n) is 2.40. The van der Waals surface area contributed by atoms with Crippen LogP contribution in [0.15, 0.2) is 24.4 Å². The second-order valence-electron chi connectivity index (χ2n) is 3.75. The molecule has 66 valence electrons. The number of hydrogen-bond donors (Lipinski definition) is 0. The Morgan fingerprint density at radius 3 is 2.50 bits per heavy atom. The van der Waals surface area contributed by atoms with Crippen LogP contribution < -0.4 is 0 Å². The van der Waals surface area contributed by atoms with E-state index in [-0.39, 0.29) is 0 Å². The van der Waals surface area contributed by atoms with Gasteiger partial charge in [0.15, 0.2) is 0 Å². The number of aromatic nitrogens is 1. The molecule has 1 aromatic heterocycles. The second kappa shape index (κ2) is 4.24.